The molecule has 1 aliphatic heterocycles. The molecule has 5 nitrogen and oxygen atoms in total. The highest BCUT2D eigenvalue weighted by Gasteiger charge is 2.39. The summed E-state index contributed by atoms with van der Waals surface area (Å²) < 4.78 is 0. The highest BCUT2D eigenvalue weighted by Crippen LogP contribution is 2.32. The van der Waals surface area contributed by atoms with Crippen molar-refractivity contribution in [2.24, 2.45) is 11.3 Å². The first-order valence-electron chi connectivity index (χ1n) is 9.54. The van der Waals surface area contributed by atoms with Gasteiger partial charge in [0.05, 0.1) is 6.04 Å². The number of carbonyl (C=O) groups excluding carboxylic acids is 2. The molecular weight excluding hydrogens is 302 g/mol. The van der Waals surface area contributed by atoms with E-state index in [0.717, 1.165) is 45.6 Å². The Morgan fingerprint density at radius 1 is 1.08 bits per heavy atom. The third-order valence-electron chi connectivity index (χ3n) is 5.59. The van der Waals surface area contributed by atoms with E-state index in [-0.39, 0.29) is 23.3 Å². The van der Waals surface area contributed by atoms with Crippen LogP contribution in [0.25, 0.3) is 0 Å². The lowest BCUT2D eigenvalue weighted by Crippen LogP contribution is -2.59. The Morgan fingerprint density at radius 2 is 1.62 bits per heavy atom. The van der Waals surface area contributed by atoms with Gasteiger partial charge in [-0.25, -0.2) is 0 Å². The van der Waals surface area contributed by atoms with E-state index < -0.39 is 0 Å². The van der Waals surface area contributed by atoms with Crippen molar-refractivity contribution in [3.05, 3.63) is 0 Å². The van der Waals surface area contributed by atoms with Crippen molar-refractivity contribution in [2.45, 2.75) is 59.4 Å². The minimum Gasteiger partial charge on any atom is -0.345 e. The van der Waals surface area contributed by atoms with E-state index >= 15 is 0 Å². The van der Waals surface area contributed by atoms with Gasteiger partial charge in [0.2, 0.25) is 11.8 Å². The molecule has 2 amide bonds. The molecule has 1 heterocycles. The molecule has 1 saturated heterocycles. The molecule has 1 unspecified atom stereocenters. The van der Waals surface area contributed by atoms with Crippen molar-refractivity contribution in [1.82, 2.24) is 14.7 Å². The Morgan fingerprint density at radius 3 is 2.08 bits per heavy atom. The van der Waals surface area contributed by atoms with Crippen LogP contribution in [0.2, 0.25) is 0 Å². The molecule has 0 N–H and O–H groups in total. The van der Waals surface area contributed by atoms with Crippen molar-refractivity contribution in [3.8, 4) is 0 Å². The zero-order chi connectivity index (χ0) is 17.9. The molecule has 0 aromatic heterocycles. The van der Waals surface area contributed by atoms with Crippen molar-refractivity contribution in [2.75, 3.05) is 39.8 Å². The van der Waals surface area contributed by atoms with Gasteiger partial charge in [-0.1, -0.05) is 33.6 Å². The Balaban J connectivity index is 2.04. The lowest BCUT2D eigenvalue weighted by Gasteiger charge is -2.43. The van der Waals surface area contributed by atoms with E-state index in [1.165, 1.54) is 12.8 Å². The Bertz CT molecular complexity index is 444. The van der Waals surface area contributed by atoms with Crippen LogP contribution in [0.3, 0.4) is 0 Å². The third kappa shape index (κ3) is 4.29. The largest absolute Gasteiger partial charge is 0.345 e. The summed E-state index contributed by atoms with van der Waals surface area (Å²) >= 11 is 0. The summed E-state index contributed by atoms with van der Waals surface area (Å²) in [5.74, 6) is 0.966. The summed E-state index contributed by atoms with van der Waals surface area (Å²) in [6.07, 6.45) is 4.81. The van der Waals surface area contributed by atoms with Gasteiger partial charge in [0, 0.05) is 45.2 Å². The van der Waals surface area contributed by atoms with Gasteiger partial charge in [0.1, 0.15) is 0 Å². The molecule has 0 aromatic rings. The lowest BCUT2D eigenvalue weighted by molar-refractivity contribution is -0.144. The summed E-state index contributed by atoms with van der Waals surface area (Å²) in [6, 6.07) is 0.00402. The van der Waals surface area contributed by atoms with Crippen molar-refractivity contribution in [3.63, 3.8) is 0 Å². The van der Waals surface area contributed by atoms with Crippen LogP contribution < -0.4 is 0 Å². The van der Waals surface area contributed by atoms with Crippen molar-refractivity contribution < 1.29 is 9.59 Å². The smallest absolute Gasteiger partial charge is 0.239 e. The number of nitrogens with zero attached hydrogens (tertiary/aromatic N) is 3. The zero-order valence-corrected chi connectivity index (χ0v) is 16.2. The molecule has 1 aliphatic carbocycles. The first-order chi connectivity index (χ1) is 11.3. The fourth-order valence-corrected chi connectivity index (χ4v) is 3.99. The van der Waals surface area contributed by atoms with Crippen LogP contribution in [0, 0.1) is 11.3 Å². The molecule has 0 bridgehead atoms. The van der Waals surface area contributed by atoms with Crippen LogP contribution in [0.4, 0.5) is 0 Å². The first kappa shape index (κ1) is 19.2. The summed E-state index contributed by atoms with van der Waals surface area (Å²) in [5.41, 5.74) is -0.328. The SMILES string of the molecule is CCN(C)C(=O)C(C1CCCC1)N1CCN(C(=O)C(C)(C)C)CC1. The van der Waals surface area contributed by atoms with E-state index in [4.69, 9.17) is 0 Å². The third-order valence-corrected chi connectivity index (χ3v) is 5.59. The van der Waals surface area contributed by atoms with Gasteiger partial charge in [-0.3, -0.25) is 14.5 Å². The molecule has 1 saturated carbocycles. The molecule has 0 aromatic carbocycles. The van der Waals surface area contributed by atoms with Crippen LogP contribution in [-0.2, 0) is 9.59 Å². The maximum absolute atomic E-state index is 12.9. The zero-order valence-electron chi connectivity index (χ0n) is 16.2. The number of likely N-dealkylation sites (N-methyl/N-ethyl adjacent to an activating group) is 1. The van der Waals surface area contributed by atoms with Crippen LogP contribution >= 0.6 is 0 Å². The molecule has 138 valence electrons. The summed E-state index contributed by atoms with van der Waals surface area (Å²) in [7, 11) is 1.91. The molecule has 1 atom stereocenters. The van der Waals surface area contributed by atoms with Gasteiger partial charge in [0.25, 0.3) is 0 Å². The minimum absolute atomic E-state index is 0.00402. The maximum atomic E-state index is 12.9. The average molecular weight is 338 g/mol. The molecule has 24 heavy (non-hydrogen) atoms. The van der Waals surface area contributed by atoms with Crippen molar-refractivity contribution in [1.29, 1.82) is 0 Å². The minimum atomic E-state index is -0.328. The quantitative estimate of drug-likeness (QED) is 0.790. The normalized spacial score (nSPS) is 21.8. The lowest BCUT2D eigenvalue weighted by atomic mass is 9.93. The van der Waals surface area contributed by atoms with Crippen LogP contribution in [0.15, 0.2) is 0 Å². The predicted octanol–water partition coefficient (Wildman–Crippen LogP) is 2.21. The highest BCUT2D eigenvalue weighted by atomic mass is 16.2. The summed E-state index contributed by atoms with van der Waals surface area (Å²) in [5, 5.41) is 0. The van der Waals surface area contributed by atoms with Crippen LogP contribution in [0.1, 0.15) is 53.4 Å². The Hall–Kier alpha value is -1.10. The topological polar surface area (TPSA) is 43.9 Å². The molecular formula is C19H35N3O2. The summed E-state index contributed by atoms with van der Waals surface area (Å²) in [4.78, 5) is 31.6. The average Bonchev–Trinajstić information content (AvgIpc) is 3.07. The Kier molecular flexibility index (Phi) is 6.29. The number of hydrogen-bond acceptors (Lipinski definition) is 3. The standard InChI is InChI=1S/C19H35N3O2/c1-6-20(5)17(23)16(15-9-7-8-10-15)21-11-13-22(14-12-21)18(24)19(2,3)4/h15-16H,6-14H2,1-5H3. The van der Waals surface area contributed by atoms with Gasteiger partial charge >= 0.3 is 0 Å². The van der Waals surface area contributed by atoms with E-state index in [9.17, 15) is 9.59 Å². The highest BCUT2D eigenvalue weighted by molar-refractivity contribution is 5.83. The number of amides is 2. The number of carbonyl (C=O) groups is 2. The molecule has 5 heteroatoms. The second-order valence-electron chi connectivity index (χ2n) is 8.42. The number of hydrogen-bond donors (Lipinski definition) is 0. The Labute approximate surface area is 147 Å². The maximum Gasteiger partial charge on any atom is 0.239 e. The van der Waals surface area contributed by atoms with Gasteiger partial charge in [-0.2, -0.15) is 0 Å². The first-order valence-corrected chi connectivity index (χ1v) is 9.54. The van der Waals surface area contributed by atoms with Crippen molar-refractivity contribution >= 4 is 11.8 Å². The molecule has 0 spiro atoms. The predicted molar refractivity (Wildman–Crippen MR) is 96.7 cm³/mol. The van der Waals surface area contributed by atoms with E-state index in [0.29, 0.717) is 5.92 Å². The number of rotatable bonds is 4. The van der Waals surface area contributed by atoms with E-state index in [1.807, 2.05) is 44.5 Å². The molecule has 2 fully saturated rings. The molecule has 2 rings (SSSR count). The fraction of sp³-hybridized carbons (Fsp3) is 0.895. The van der Waals surface area contributed by atoms with Crippen LogP contribution in [0.5, 0.6) is 0 Å². The second kappa shape index (κ2) is 7.85. The van der Waals surface area contributed by atoms with Gasteiger partial charge < -0.3 is 9.80 Å². The van der Waals surface area contributed by atoms with Crippen LogP contribution in [-0.4, -0.2) is 72.3 Å². The van der Waals surface area contributed by atoms with E-state index in [2.05, 4.69) is 4.90 Å². The summed E-state index contributed by atoms with van der Waals surface area (Å²) in [6.45, 7) is 11.8. The monoisotopic (exact) mass is 337 g/mol. The molecule has 2 aliphatic rings. The fourth-order valence-electron chi connectivity index (χ4n) is 3.99. The second-order valence-corrected chi connectivity index (χ2v) is 8.42. The van der Waals surface area contributed by atoms with Gasteiger partial charge in [0.15, 0.2) is 0 Å². The van der Waals surface area contributed by atoms with Gasteiger partial charge in [-0.05, 0) is 25.7 Å². The number of piperazine rings is 1. The van der Waals surface area contributed by atoms with Gasteiger partial charge in [-0.15, -0.1) is 0 Å². The molecule has 0 radical (unpaired) electrons. The van der Waals surface area contributed by atoms with E-state index in [1.54, 1.807) is 0 Å².